The molecule has 2 aromatic carbocycles. The third kappa shape index (κ3) is 3.16. The fraction of sp³-hybridized carbons (Fsp3) is 0.167. The number of amides is 1. The van der Waals surface area contributed by atoms with Crippen LogP contribution < -0.4 is 10.9 Å². The Morgan fingerprint density at radius 1 is 1.17 bits per heavy atom. The molecule has 122 valence electrons. The molecule has 0 aliphatic carbocycles. The van der Waals surface area contributed by atoms with Gasteiger partial charge in [0.1, 0.15) is 0 Å². The number of nitrogens with zero attached hydrogens (tertiary/aromatic N) is 2. The number of aryl methyl sites for hydroxylation is 1. The number of carbonyl (C=O) groups excluding carboxylic acids is 1. The molecule has 0 radical (unpaired) electrons. The smallest absolute Gasteiger partial charge is 0.274 e. The van der Waals surface area contributed by atoms with Crippen molar-refractivity contribution in [2.45, 2.75) is 20.0 Å². The molecule has 0 bridgehead atoms. The second-order valence-electron chi connectivity index (χ2n) is 5.33. The van der Waals surface area contributed by atoms with Crippen molar-refractivity contribution in [1.29, 1.82) is 0 Å². The summed E-state index contributed by atoms with van der Waals surface area (Å²) >= 11 is 5.95. The summed E-state index contributed by atoms with van der Waals surface area (Å²) in [6.07, 6.45) is 0. The lowest BCUT2D eigenvalue weighted by Gasteiger charge is -2.10. The standard InChI is InChI=1S/C18H16ClN3O2/c1-2-22-18(24)15-9-4-3-8-14(15)16(21-22)17(23)20-11-12-6-5-7-13(19)10-12/h3-10H,2,11H2,1H3,(H,20,23). The van der Waals surface area contributed by atoms with E-state index in [-0.39, 0.29) is 17.2 Å². The lowest BCUT2D eigenvalue weighted by molar-refractivity contribution is 0.0945. The van der Waals surface area contributed by atoms with Gasteiger partial charge in [-0.3, -0.25) is 9.59 Å². The van der Waals surface area contributed by atoms with Gasteiger partial charge >= 0.3 is 0 Å². The molecule has 1 amide bonds. The van der Waals surface area contributed by atoms with Gasteiger partial charge in [-0.05, 0) is 30.7 Å². The average molecular weight is 342 g/mol. The van der Waals surface area contributed by atoms with E-state index in [1.807, 2.05) is 19.1 Å². The van der Waals surface area contributed by atoms with Crippen LogP contribution in [0, 0.1) is 0 Å². The molecule has 3 rings (SSSR count). The topological polar surface area (TPSA) is 64.0 Å². The second-order valence-corrected chi connectivity index (χ2v) is 5.76. The van der Waals surface area contributed by atoms with Gasteiger partial charge in [0.2, 0.25) is 0 Å². The van der Waals surface area contributed by atoms with Crippen LogP contribution in [0.15, 0.2) is 53.3 Å². The van der Waals surface area contributed by atoms with E-state index in [4.69, 9.17) is 11.6 Å². The van der Waals surface area contributed by atoms with Gasteiger partial charge in [0.25, 0.3) is 11.5 Å². The third-order valence-electron chi connectivity index (χ3n) is 3.72. The van der Waals surface area contributed by atoms with Crippen LogP contribution in [0.5, 0.6) is 0 Å². The third-order valence-corrected chi connectivity index (χ3v) is 3.96. The van der Waals surface area contributed by atoms with E-state index in [2.05, 4.69) is 10.4 Å². The van der Waals surface area contributed by atoms with Crippen LogP contribution in [0.1, 0.15) is 23.0 Å². The summed E-state index contributed by atoms with van der Waals surface area (Å²) in [4.78, 5) is 24.9. The maximum absolute atomic E-state index is 12.6. The van der Waals surface area contributed by atoms with Crippen molar-refractivity contribution >= 4 is 28.3 Å². The zero-order chi connectivity index (χ0) is 17.1. The minimum absolute atomic E-state index is 0.195. The van der Waals surface area contributed by atoms with Gasteiger partial charge in [-0.2, -0.15) is 5.10 Å². The second kappa shape index (κ2) is 6.84. The van der Waals surface area contributed by atoms with Crippen molar-refractivity contribution < 1.29 is 4.79 Å². The molecule has 5 nitrogen and oxygen atoms in total. The molecule has 24 heavy (non-hydrogen) atoms. The Balaban J connectivity index is 1.95. The monoisotopic (exact) mass is 341 g/mol. The molecular formula is C18H16ClN3O2. The van der Waals surface area contributed by atoms with Crippen molar-refractivity contribution in [3.8, 4) is 0 Å². The summed E-state index contributed by atoms with van der Waals surface area (Å²) < 4.78 is 1.30. The molecule has 0 fully saturated rings. The van der Waals surface area contributed by atoms with Crippen molar-refractivity contribution in [2.75, 3.05) is 0 Å². The van der Waals surface area contributed by atoms with Crippen molar-refractivity contribution in [1.82, 2.24) is 15.1 Å². The van der Waals surface area contributed by atoms with Crippen molar-refractivity contribution in [3.63, 3.8) is 0 Å². The zero-order valence-electron chi connectivity index (χ0n) is 13.1. The molecular weight excluding hydrogens is 326 g/mol. The van der Waals surface area contributed by atoms with Gasteiger partial charge in [-0.1, -0.05) is 41.9 Å². The minimum atomic E-state index is -0.326. The van der Waals surface area contributed by atoms with Crippen LogP contribution in [0.25, 0.3) is 10.8 Å². The Bertz CT molecular complexity index is 966. The van der Waals surface area contributed by atoms with Gasteiger partial charge in [0, 0.05) is 23.5 Å². The molecule has 0 atom stereocenters. The maximum Gasteiger partial charge on any atom is 0.274 e. The molecule has 0 saturated heterocycles. The molecule has 0 saturated carbocycles. The molecule has 1 N–H and O–H groups in total. The Hall–Kier alpha value is -2.66. The first kappa shape index (κ1) is 16.2. The summed E-state index contributed by atoms with van der Waals surface area (Å²) in [5.41, 5.74) is 0.942. The van der Waals surface area contributed by atoms with Crippen molar-refractivity contribution in [3.05, 3.63) is 75.2 Å². The predicted molar refractivity (Wildman–Crippen MR) is 94.3 cm³/mol. The maximum atomic E-state index is 12.6. The zero-order valence-corrected chi connectivity index (χ0v) is 13.9. The number of aromatic nitrogens is 2. The molecule has 0 aliphatic heterocycles. The number of halogens is 1. The fourth-order valence-corrected chi connectivity index (χ4v) is 2.74. The first-order valence-corrected chi connectivity index (χ1v) is 8.00. The van der Waals surface area contributed by atoms with Gasteiger partial charge in [0.15, 0.2) is 5.69 Å². The predicted octanol–water partition coefficient (Wildman–Crippen LogP) is 3.00. The molecule has 1 aromatic heterocycles. The van der Waals surface area contributed by atoms with Gasteiger partial charge in [0.05, 0.1) is 5.39 Å². The number of benzene rings is 2. The highest BCUT2D eigenvalue weighted by Gasteiger charge is 2.15. The first-order valence-electron chi connectivity index (χ1n) is 7.62. The van der Waals surface area contributed by atoms with Crippen LogP contribution in [0.3, 0.4) is 0 Å². The number of hydrogen-bond donors (Lipinski definition) is 1. The fourth-order valence-electron chi connectivity index (χ4n) is 2.53. The van der Waals surface area contributed by atoms with Crippen molar-refractivity contribution in [2.24, 2.45) is 0 Å². The van der Waals surface area contributed by atoms with E-state index < -0.39 is 0 Å². The highest BCUT2D eigenvalue weighted by atomic mass is 35.5. The summed E-state index contributed by atoms with van der Waals surface area (Å²) in [5, 5.41) is 8.70. The summed E-state index contributed by atoms with van der Waals surface area (Å²) in [5.74, 6) is -0.326. The van der Waals surface area contributed by atoms with Gasteiger partial charge in [-0.15, -0.1) is 0 Å². The lowest BCUT2D eigenvalue weighted by Crippen LogP contribution is -2.30. The number of rotatable bonds is 4. The molecule has 3 aromatic rings. The largest absolute Gasteiger partial charge is 0.347 e. The Kier molecular flexibility index (Phi) is 4.62. The van der Waals surface area contributed by atoms with E-state index in [0.717, 1.165) is 5.56 Å². The molecule has 0 spiro atoms. The molecule has 1 heterocycles. The molecule has 6 heteroatoms. The number of hydrogen-bond acceptors (Lipinski definition) is 3. The van der Waals surface area contributed by atoms with Crippen LogP contribution in [-0.2, 0) is 13.1 Å². The highest BCUT2D eigenvalue weighted by Crippen LogP contribution is 2.14. The normalized spacial score (nSPS) is 10.8. The van der Waals surface area contributed by atoms with E-state index in [1.54, 1.807) is 36.4 Å². The molecule has 0 unspecified atom stereocenters. The quantitative estimate of drug-likeness (QED) is 0.793. The van der Waals surface area contributed by atoms with E-state index in [0.29, 0.717) is 28.9 Å². The van der Waals surface area contributed by atoms with Crippen LogP contribution in [0.4, 0.5) is 0 Å². The number of nitrogens with one attached hydrogen (secondary N) is 1. The molecule has 0 aliphatic rings. The van der Waals surface area contributed by atoms with E-state index in [1.165, 1.54) is 4.68 Å². The average Bonchev–Trinajstić information content (AvgIpc) is 2.60. The van der Waals surface area contributed by atoms with Crippen LogP contribution in [0.2, 0.25) is 5.02 Å². The Labute approximate surface area is 143 Å². The minimum Gasteiger partial charge on any atom is -0.347 e. The first-order chi connectivity index (χ1) is 11.6. The number of fused-ring (bicyclic) bond motifs is 1. The van der Waals surface area contributed by atoms with Gasteiger partial charge in [-0.25, -0.2) is 4.68 Å². The SMILES string of the molecule is CCn1nc(C(=O)NCc2cccc(Cl)c2)c2ccccc2c1=O. The van der Waals surface area contributed by atoms with E-state index in [9.17, 15) is 9.59 Å². The summed E-state index contributed by atoms with van der Waals surface area (Å²) in [6.45, 7) is 2.55. The number of carbonyl (C=O) groups is 1. The Morgan fingerprint density at radius 3 is 2.62 bits per heavy atom. The highest BCUT2D eigenvalue weighted by molar-refractivity contribution is 6.30. The summed E-state index contributed by atoms with van der Waals surface area (Å²) in [7, 11) is 0. The van der Waals surface area contributed by atoms with Crippen LogP contribution in [-0.4, -0.2) is 15.7 Å². The Morgan fingerprint density at radius 2 is 1.92 bits per heavy atom. The summed E-state index contributed by atoms with van der Waals surface area (Å²) in [6, 6.07) is 14.3. The van der Waals surface area contributed by atoms with Gasteiger partial charge < -0.3 is 5.32 Å². The van der Waals surface area contributed by atoms with E-state index >= 15 is 0 Å². The lowest BCUT2D eigenvalue weighted by atomic mass is 10.1. The van der Waals surface area contributed by atoms with Crippen LogP contribution >= 0.6 is 11.6 Å².